The van der Waals surface area contributed by atoms with Crippen molar-refractivity contribution >= 4 is 21.6 Å². The van der Waals surface area contributed by atoms with E-state index in [-0.39, 0.29) is 18.1 Å². The minimum absolute atomic E-state index is 0.0379. The molecule has 0 atom stereocenters. The van der Waals surface area contributed by atoms with Crippen LogP contribution in [0.25, 0.3) is 0 Å². The SMILES string of the molecule is COc1cc(CNCCc2ccccc2F)c(Br)cc1OCc1ccc([N+](=O)[O-])cc1. The zero-order valence-electron chi connectivity index (χ0n) is 16.9. The maximum absolute atomic E-state index is 13.7. The summed E-state index contributed by atoms with van der Waals surface area (Å²) in [4.78, 5) is 10.3. The Kier molecular flexibility index (Phi) is 7.97. The maximum Gasteiger partial charge on any atom is 0.269 e. The summed E-state index contributed by atoms with van der Waals surface area (Å²) in [5.41, 5.74) is 2.51. The van der Waals surface area contributed by atoms with Gasteiger partial charge in [0, 0.05) is 23.2 Å². The predicted octanol–water partition coefficient (Wildman–Crippen LogP) is 5.42. The molecule has 0 amide bonds. The maximum atomic E-state index is 13.7. The number of methoxy groups -OCH3 is 1. The van der Waals surface area contributed by atoms with E-state index in [9.17, 15) is 14.5 Å². The first-order valence-corrected chi connectivity index (χ1v) is 10.4. The standard InChI is InChI=1S/C23H22BrFN2O4/c1-30-22-12-18(14-26-11-10-17-4-2-3-5-21(17)25)20(24)13-23(22)31-15-16-6-8-19(9-7-16)27(28)29/h2-9,12-13,26H,10-11,14-15H2,1H3. The van der Waals surface area contributed by atoms with Crippen molar-refractivity contribution in [1.82, 2.24) is 5.32 Å². The van der Waals surface area contributed by atoms with Crippen molar-refractivity contribution in [2.24, 2.45) is 0 Å². The summed E-state index contributed by atoms with van der Waals surface area (Å²) in [6, 6.07) is 16.7. The molecule has 0 fully saturated rings. The van der Waals surface area contributed by atoms with Gasteiger partial charge in [-0.1, -0.05) is 34.1 Å². The molecule has 1 N–H and O–H groups in total. The van der Waals surface area contributed by atoms with E-state index >= 15 is 0 Å². The average Bonchev–Trinajstić information content (AvgIpc) is 2.77. The molecule has 0 heterocycles. The zero-order valence-corrected chi connectivity index (χ0v) is 18.5. The number of hydrogen-bond donors (Lipinski definition) is 1. The third kappa shape index (κ3) is 6.26. The molecule has 8 heteroatoms. The van der Waals surface area contributed by atoms with Gasteiger partial charge in [0.25, 0.3) is 5.69 Å². The van der Waals surface area contributed by atoms with E-state index < -0.39 is 4.92 Å². The smallest absolute Gasteiger partial charge is 0.269 e. The molecular formula is C23H22BrFN2O4. The molecule has 3 rings (SSSR count). The van der Waals surface area contributed by atoms with Crippen LogP contribution >= 0.6 is 15.9 Å². The first-order valence-electron chi connectivity index (χ1n) is 9.64. The predicted molar refractivity (Wildman–Crippen MR) is 120 cm³/mol. The molecule has 0 saturated heterocycles. The Morgan fingerprint density at radius 1 is 1.06 bits per heavy atom. The van der Waals surface area contributed by atoms with Gasteiger partial charge < -0.3 is 14.8 Å². The minimum atomic E-state index is -0.437. The van der Waals surface area contributed by atoms with Gasteiger partial charge in [-0.25, -0.2) is 4.39 Å². The normalized spacial score (nSPS) is 10.7. The molecule has 6 nitrogen and oxygen atoms in total. The molecule has 0 aromatic heterocycles. The largest absolute Gasteiger partial charge is 0.493 e. The van der Waals surface area contributed by atoms with Crippen LogP contribution in [0.2, 0.25) is 0 Å². The van der Waals surface area contributed by atoms with Gasteiger partial charge in [0.15, 0.2) is 11.5 Å². The number of non-ortho nitro benzene ring substituents is 1. The first kappa shape index (κ1) is 22.7. The lowest BCUT2D eigenvalue weighted by atomic mass is 10.1. The monoisotopic (exact) mass is 488 g/mol. The van der Waals surface area contributed by atoms with Gasteiger partial charge in [0.2, 0.25) is 0 Å². The van der Waals surface area contributed by atoms with E-state index in [2.05, 4.69) is 21.2 Å². The van der Waals surface area contributed by atoms with E-state index in [1.165, 1.54) is 18.2 Å². The second kappa shape index (κ2) is 10.9. The highest BCUT2D eigenvalue weighted by molar-refractivity contribution is 9.10. The Balaban J connectivity index is 1.58. The van der Waals surface area contributed by atoms with Crippen molar-refractivity contribution in [2.45, 2.75) is 19.6 Å². The van der Waals surface area contributed by atoms with Gasteiger partial charge in [-0.3, -0.25) is 10.1 Å². The van der Waals surface area contributed by atoms with Crippen molar-refractivity contribution in [2.75, 3.05) is 13.7 Å². The first-order chi connectivity index (χ1) is 15.0. The second-order valence-electron chi connectivity index (χ2n) is 6.82. The summed E-state index contributed by atoms with van der Waals surface area (Å²) in [5.74, 6) is 0.945. The molecule has 3 aromatic rings. The molecule has 0 aliphatic carbocycles. The molecule has 0 aliphatic heterocycles. The summed E-state index contributed by atoms with van der Waals surface area (Å²) < 4.78 is 25.9. The number of nitro benzene ring substituents is 1. The van der Waals surface area contributed by atoms with E-state index in [0.29, 0.717) is 36.6 Å². The van der Waals surface area contributed by atoms with Crippen LogP contribution in [-0.4, -0.2) is 18.6 Å². The Labute approximate surface area is 188 Å². The zero-order chi connectivity index (χ0) is 22.2. The highest BCUT2D eigenvalue weighted by Crippen LogP contribution is 2.34. The number of nitro groups is 1. The highest BCUT2D eigenvalue weighted by atomic mass is 79.9. The number of rotatable bonds is 10. The highest BCUT2D eigenvalue weighted by Gasteiger charge is 2.12. The number of ether oxygens (including phenoxy) is 2. The van der Waals surface area contributed by atoms with E-state index in [4.69, 9.17) is 9.47 Å². The van der Waals surface area contributed by atoms with Crippen molar-refractivity contribution < 1.29 is 18.8 Å². The summed E-state index contributed by atoms with van der Waals surface area (Å²) in [7, 11) is 1.57. The van der Waals surface area contributed by atoms with E-state index in [1.54, 1.807) is 31.4 Å². The van der Waals surface area contributed by atoms with E-state index in [0.717, 1.165) is 15.6 Å². The third-order valence-corrected chi connectivity index (χ3v) is 5.46. The molecule has 0 unspecified atom stereocenters. The fraction of sp³-hybridized carbons (Fsp3) is 0.217. The molecule has 0 radical (unpaired) electrons. The second-order valence-corrected chi connectivity index (χ2v) is 7.68. The van der Waals surface area contributed by atoms with Gasteiger partial charge >= 0.3 is 0 Å². The van der Waals surface area contributed by atoms with Crippen LogP contribution in [-0.2, 0) is 19.6 Å². The van der Waals surface area contributed by atoms with Crippen molar-refractivity contribution in [3.63, 3.8) is 0 Å². The van der Waals surface area contributed by atoms with Crippen LogP contribution < -0.4 is 14.8 Å². The number of nitrogens with zero attached hydrogens (tertiary/aromatic N) is 1. The average molecular weight is 489 g/mol. The molecule has 31 heavy (non-hydrogen) atoms. The topological polar surface area (TPSA) is 73.6 Å². The summed E-state index contributed by atoms with van der Waals surface area (Å²) in [6.45, 7) is 1.46. The number of benzene rings is 3. The quantitative estimate of drug-likeness (QED) is 0.234. The molecule has 0 aliphatic rings. The number of nitrogens with one attached hydrogen (secondary N) is 1. The molecular weight excluding hydrogens is 467 g/mol. The van der Waals surface area contributed by atoms with Crippen molar-refractivity contribution in [1.29, 1.82) is 0 Å². The Morgan fingerprint density at radius 3 is 2.48 bits per heavy atom. The molecule has 0 saturated carbocycles. The van der Waals surface area contributed by atoms with Gasteiger partial charge in [0.05, 0.1) is 12.0 Å². The van der Waals surface area contributed by atoms with E-state index in [1.807, 2.05) is 18.2 Å². The fourth-order valence-corrected chi connectivity index (χ4v) is 3.47. The number of halogens is 2. The lowest BCUT2D eigenvalue weighted by Gasteiger charge is -2.15. The van der Waals surface area contributed by atoms with Gasteiger partial charge in [-0.05, 0) is 60.0 Å². The van der Waals surface area contributed by atoms with Crippen molar-refractivity contribution in [3.8, 4) is 11.5 Å². The summed E-state index contributed by atoms with van der Waals surface area (Å²) in [5, 5.41) is 14.1. The lowest BCUT2D eigenvalue weighted by Crippen LogP contribution is -2.17. The van der Waals surface area contributed by atoms with Gasteiger partial charge in [-0.2, -0.15) is 0 Å². The molecule has 0 bridgehead atoms. The fourth-order valence-electron chi connectivity index (χ4n) is 3.01. The molecule has 0 spiro atoms. The summed E-state index contributed by atoms with van der Waals surface area (Å²) in [6.07, 6.45) is 0.595. The van der Waals surface area contributed by atoms with Crippen molar-refractivity contribution in [3.05, 3.63) is 97.8 Å². The van der Waals surface area contributed by atoms with Crippen LogP contribution in [0.3, 0.4) is 0 Å². The number of hydrogen-bond acceptors (Lipinski definition) is 5. The Morgan fingerprint density at radius 2 is 1.81 bits per heavy atom. The Bertz CT molecular complexity index is 1040. The van der Waals surface area contributed by atoms with Crippen LogP contribution in [0.4, 0.5) is 10.1 Å². The van der Waals surface area contributed by atoms with Gasteiger partial charge in [-0.15, -0.1) is 0 Å². The third-order valence-electron chi connectivity index (χ3n) is 4.72. The molecule has 162 valence electrons. The molecule has 3 aromatic carbocycles. The Hall–Kier alpha value is -2.97. The van der Waals surface area contributed by atoms with Gasteiger partial charge in [0.1, 0.15) is 12.4 Å². The van der Waals surface area contributed by atoms with Crippen LogP contribution in [0.15, 0.2) is 65.1 Å². The van der Waals surface area contributed by atoms with Crippen LogP contribution in [0, 0.1) is 15.9 Å². The van der Waals surface area contributed by atoms with Crippen LogP contribution in [0.1, 0.15) is 16.7 Å². The minimum Gasteiger partial charge on any atom is -0.493 e. The lowest BCUT2D eigenvalue weighted by molar-refractivity contribution is -0.384. The summed E-state index contributed by atoms with van der Waals surface area (Å²) >= 11 is 3.56. The van der Waals surface area contributed by atoms with Crippen LogP contribution in [0.5, 0.6) is 11.5 Å².